The van der Waals surface area contributed by atoms with Crippen LogP contribution in [-0.2, 0) is 14.2 Å². The van der Waals surface area contributed by atoms with Gasteiger partial charge in [0.15, 0.2) is 23.0 Å². The fourth-order valence-electron chi connectivity index (χ4n) is 2.03. The van der Waals surface area contributed by atoms with Crippen LogP contribution < -0.4 is 65.5 Å². The van der Waals surface area contributed by atoms with E-state index in [9.17, 15) is 0 Å². The molecule has 1 heterocycles. The van der Waals surface area contributed by atoms with E-state index in [2.05, 4.69) is 0 Å². The van der Waals surface area contributed by atoms with Gasteiger partial charge in [0.2, 0.25) is 0 Å². The van der Waals surface area contributed by atoms with Gasteiger partial charge >= 0.3 is 29.6 Å². The molecule has 1 aliphatic rings. The van der Waals surface area contributed by atoms with Crippen molar-refractivity contribution in [1.82, 2.24) is 0 Å². The largest absolute Gasteiger partial charge is 1.00 e. The molecule has 9 heteroatoms. The van der Waals surface area contributed by atoms with Crippen LogP contribution in [0.25, 0.3) is 0 Å². The summed E-state index contributed by atoms with van der Waals surface area (Å²) in [6.45, 7) is 3.88. The Morgan fingerprint density at radius 3 is 1.28 bits per heavy atom. The predicted molar refractivity (Wildman–Crippen MR) is 83.0 cm³/mol. The minimum absolute atomic E-state index is 0. The maximum atomic E-state index is 5.74. The van der Waals surface area contributed by atoms with Gasteiger partial charge in [-0.25, -0.2) is 0 Å². The van der Waals surface area contributed by atoms with Gasteiger partial charge in [-0.2, -0.15) is 0 Å². The standard InChI is InChI=1S/C16H24O7.BrH.Na/c1-17-13-11-15-16(12-14(13)18-2)23-10-8-21-6-4-19-3-5-20-7-9-22-15;;/h11-12H,3-10H2,1-2H3;1H;/q;;+1/p-1. The molecular weight excluding hydrogens is 407 g/mol. The van der Waals surface area contributed by atoms with E-state index in [0.717, 1.165) is 0 Å². The van der Waals surface area contributed by atoms with Crippen molar-refractivity contribution in [2.75, 3.05) is 67.1 Å². The van der Waals surface area contributed by atoms with Gasteiger partial charge in [0, 0.05) is 12.1 Å². The predicted octanol–water partition coefficient (Wildman–Crippen LogP) is -4.47. The average molecular weight is 431 g/mol. The molecule has 0 saturated carbocycles. The summed E-state index contributed by atoms with van der Waals surface area (Å²) in [5, 5.41) is 0. The zero-order chi connectivity index (χ0) is 16.3. The van der Waals surface area contributed by atoms with Gasteiger partial charge in [-0.15, -0.1) is 0 Å². The first-order valence-electron chi connectivity index (χ1n) is 7.60. The summed E-state index contributed by atoms with van der Waals surface area (Å²) in [6.07, 6.45) is 0. The first-order valence-corrected chi connectivity index (χ1v) is 7.60. The van der Waals surface area contributed by atoms with E-state index in [4.69, 9.17) is 33.2 Å². The molecule has 0 N–H and O–H groups in total. The molecule has 0 atom stereocenters. The van der Waals surface area contributed by atoms with Crippen LogP contribution in [0.5, 0.6) is 23.0 Å². The molecule has 0 amide bonds. The summed E-state index contributed by atoms with van der Waals surface area (Å²) >= 11 is 0. The van der Waals surface area contributed by atoms with Gasteiger partial charge in [0.25, 0.3) is 0 Å². The Morgan fingerprint density at radius 1 is 0.640 bits per heavy atom. The quantitative estimate of drug-likeness (QED) is 0.438. The van der Waals surface area contributed by atoms with Crippen LogP contribution >= 0.6 is 0 Å². The molecule has 25 heavy (non-hydrogen) atoms. The molecule has 0 unspecified atom stereocenters. The van der Waals surface area contributed by atoms with Gasteiger partial charge in [0.1, 0.15) is 13.2 Å². The first-order chi connectivity index (χ1) is 11.3. The molecule has 0 bridgehead atoms. The molecule has 1 aliphatic heterocycles. The molecule has 0 saturated heterocycles. The maximum absolute atomic E-state index is 5.74. The number of rotatable bonds is 2. The minimum atomic E-state index is 0. The van der Waals surface area contributed by atoms with Crippen LogP contribution in [0.15, 0.2) is 12.1 Å². The molecule has 0 aromatic heterocycles. The third-order valence-corrected chi connectivity index (χ3v) is 3.16. The zero-order valence-corrected chi connectivity index (χ0v) is 18.6. The van der Waals surface area contributed by atoms with Crippen LogP contribution in [0, 0.1) is 0 Å². The Kier molecular flexibility index (Phi) is 14.8. The van der Waals surface area contributed by atoms with Crippen molar-refractivity contribution in [3.05, 3.63) is 12.1 Å². The second kappa shape index (κ2) is 14.9. The molecule has 138 valence electrons. The second-order valence-corrected chi connectivity index (χ2v) is 4.69. The van der Waals surface area contributed by atoms with Gasteiger partial charge in [-0.3, -0.25) is 0 Å². The number of fused-ring (bicyclic) bond motifs is 1. The topological polar surface area (TPSA) is 64.6 Å². The van der Waals surface area contributed by atoms with E-state index in [0.29, 0.717) is 75.9 Å². The smallest absolute Gasteiger partial charge is 1.00 e. The molecule has 0 fully saturated rings. The third-order valence-electron chi connectivity index (χ3n) is 3.16. The van der Waals surface area contributed by atoms with E-state index in [1.165, 1.54) is 0 Å². The summed E-state index contributed by atoms with van der Waals surface area (Å²) in [6, 6.07) is 3.49. The molecule has 0 radical (unpaired) electrons. The molecule has 2 rings (SSSR count). The molecule has 7 nitrogen and oxygen atoms in total. The Balaban J connectivity index is 0.00000288. The van der Waals surface area contributed by atoms with Crippen LogP contribution in [-0.4, -0.2) is 67.1 Å². The summed E-state index contributed by atoms with van der Waals surface area (Å²) in [5.41, 5.74) is 0. The number of hydrogen-bond acceptors (Lipinski definition) is 7. The molecule has 1 aromatic carbocycles. The monoisotopic (exact) mass is 430 g/mol. The van der Waals surface area contributed by atoms with Crippen LogP contribution in [0.2, 0.25) is 0 Å². The van der Waals surface area contributed by atoms with Crippen LogP contribution in [0.1, 0.15) is 0 Å². The van der Waals surface area contributed by atoms with E-state index < -0.39 is 0 Å². The molecule has 1 aromatic rings. The zero-order valence-electron chi connectivity index (χ0n) is 15.0. The van der Waals surface area contributed by atoms with Gasteiger partial charge in [-0.05, 0) is 0 Å². The molecule has 0 aliphatic carbocycles. The second-order valence-electron chi connectivity index (χ2n) is 4.69. The van der Waals surface area contributed by atoms with Crippen molar-refractivity contribution in [3.8, 4) is 23.0 Å². The van der Waals surface area contributed by atoms with E-state index >= 15 is 0 Å². The summed E-state index contributed by atoms with van der Waals surface area (Å²) in [5.74, 6) is 2.33. The van der Waals surface area contributed by atoms with Crippen molar-refractivity contribution in [1.29, 1.82) is 0 Å². The van der Waals surface area contributed by atoms with Crippen molar-refractivity contribution in [3.63, 3.8) is 0 Å². The molecule has 0 spiro atoms. The Labute approximate surface area is 181 Å². The Bertz CT molecular complexity index is 435. The fraction of sp³-hybridized carbons (Fsp3) is 0.625. The molecular formula is C16H24BrNaO7. The summed E-state index contributed by atoms with van der Waals surface area (Å²) < 4.78 is 38.3. The number of benzene rings is 1. The Morgan fingerprint density at radius 2 is 0.960 bits per heavy atom. The van der Waals surface area contributed by atoms with Crippen LogP contribution in [0.4, 0.5) is 0 Å². The van der Waals surface area contributed by atoms with Crippen molar-refractivity contribution in [2.45, 2.75) is 0 Å². The third kappa shape index (κ3) is 8.81. The van der Waals surface area contributed by atoms with Crippen molar-refractivity contribution in [2.24, 2.45) is 0 Å². The summed E-state index contributed by atoms with van der Waals surface area (Å²) in [7, 11) is 3.16. The maximum Gasteiger partial charge on any atom is 1.00 e. The normalized spacial score (nSPS) is 16.2. The van der Waals surface area contributed by atoms with Crippen molar-refractivity contribution >= 4 is 0 Å². The number of hydrogen-bond donors (Lipinski definition) is 0. The SMILES string of the molecule is COc1cc2c(cc1OC)OCCOCCOCCOCCO2.[Br-].[Na+]. The van der Waals surface area contributed by atoms with Crippen molar-refractivity contribution < 1.29 is 79.7 Å². The van der Waals surface area contributed by atoms with E-state index in [-0.39, 0.29) is 46.5 Å². The van der Waals surface area contributed by atoms with E-state index in [1.807, 2.05) is 0 Å². The van der Waals surface area contributed by atoms with Gasteiger partial charge < -0.3 is 50.1 Å². The van der Waals surface area contributed by atoms with Gasteiger partial charge in [-0.1, -0.05) is 0 Å². The Hall–Kier alpha value is -0.220. The number of ether oxygens (including phenoxy) is 7. The number of methoxy groups -OCH3 is 2. The van der Waals surface area contributed by atoms with E-state index in [1.54, 1.807) is 26.4 Å². The fourth-order valence-corrected chi connectivity index (χ4v) is 2.03. The first kappa shape index (κ1) is 24.8. The number of halogens is 1. The average Bonchev–Trinajstić information content (AvgIpc) is 2.59. The van der Waals surface area contributed by atoms with Crippen LogP contribution in [0.3, 0.4) is 0 Å². The summed E-state index contributed by atoms with van der Waals surface area (Å²) in [4.78, 5) is 0. The van der Waals surface area contributed by atoms with Gasteiger partial charge in [0.05, 0.1) is 53.9 Å². The minimum Gasteiger partial charge on any atom is -1.00 e.